The van der Waals surface area contributed by atoms with Crippen molar-refractivity contribution in [1.82, 2.24) is 0 Å². The molecule has 0 aliphatic heterocycles. The van der Waals surface area contributed by atoms with Gasteiger partial charge in [0.2, 0.25) is 0 Å². The SMILES string of the molecule is CS(=O)(=Nc1ccc(C(=O)O)cc1)C1CC1. The van der Waals surface area contributed by atoms with Gasteiger partial charge in [0.15, 0.2) is 0 Å². The van der Waals surface area contributed by atoms with Gasteiger partial charge in [0.25, 0.3) is 0 Å². The molecule has 0 saturated heterocycles. The second-order valence-electron chi connectivity index (χ2n) is 4.00. The molecule has 0 amide bonds. The van der Waals surface area contributed by atoms with Crippen molar-refractivity contribution in [2.45, 2.75) is 18.1 Å². The molecular weight excluding hydrogens is 226 g/mol. The van der Waals surface area contributed by atoms with Crippen molar-refractivity contribution in [3.63, 3.8) is 0 Å². The number of benzene rings is 1. The highest BCUT2D eigenvalue weighted by Gasteiger charge is 2.30. The zero-order valence-electron chi connectivity index (χ0n) is 8.92. The number of hydrogen-bond acceptors (Lipinski definition) is 3. The topological polar surface area (TPSA) is 66.7 Å². The third-order valence-corrected chi connectivity index (χ3v) is 4.83. The Morgan fingerprint density at radius 3 is 2.38 bits per heavy atom. The van der Waals surface area contributed by atoms with Crippen LogP contribution < -0.4 is 0 Å². The van der Waals surface area contributed by atoms with E-state index in [-0.39, 0.29) is 10.8 Å². The van der Waals surface area contributed by atoms with Gasteiger partial charge < -0.3 is 5.11 Å². The molecule has 1 N–H and O–H groups in total. The summed E-state index contributed by atoms with van der Waals surface area (Å²) in [5.41, 5.74) is 0.803. The molecule has 1 aliphatic carbocycles. The molecule has 16 heavy (non-hydrogen) atoms. The summed E-state index contributed by atoms with van der Waals surface area (Å²) in [6.45, 7) is 0. The van der Waals surface area contributed by atoms with E-state index in [1.54, 1.807) is 18.4 Å². The maximum Gasteiger partial charge on any atom is 0.335 e. The summed E-state index contributed by atoms with van der Waals surface area (Å²) in [6, 6.07) is 6.14. The van der Waals surface area contributed by atoms with Gasteiger partial charge in [-0.2, -0.15) is 4.36 Å². The van der Waals surface area contributed by atoms with E-state index >= 15 is 0 Å². The van der Waals surface area contributed by atoms with Crippen molar-refractivity contribution in [1.29, 1.82) is 0 Å². The summed E-state index contributed by atoms with van der Waals surface area (Å²) < 4.78 is 16.2. The van der Waals surface area contributed by atoms with Gasteiger partial charge in [-0.05, 0) is 37.1 Å². The third kappa shape index (κ3) is 2.41. The number of carboxylic acid groups (broad SMARTS) is 1. The first kappa shape index (κ1) is 11.1. The molecule has 0 radical (unpaired) electrons. The Labute approximate surface area is 94.5 Å². The van der Waals surface area contributed by atoms with Crippen LogP contribution in [0.1, 0.15) is 23.2 Å². The van der Waals surface area contributed by atoms with Gasteiger partial charge in [-0.15, -0.1) is 0 Å². The van der Waals surface area contributed by atoms with Gasteiger partial charge in [0.1, 0.15) is 0 Å². The van der Waals surface area contributed by atoms with Gasteiger partial charge in [-0.1, -0.05) is 0 Å². The van der Waals surface area contributed by atoms with Crippen molar-refractivity contribution in [2.75, 3.05) is 6.26 Å². The molecule has 0 bridgehead atoms. The molecule has 5 heteroatoms. The van der Waals surface area contributed by atoms with Crippen molar-refractivity contribution in [2.24, 2.45) is 4.36 Å². The van der Waals surface area contributed by atoms with E-state index in [9.17, 15) is 9.00 Å². The first-order chi connectivity index (χ1) is 7.49. The van der Waals surface area contributed by atoms with Crippen LogP contribution >= 0.6 is 0 Å². The lowest BCUT2D eigenvalue weighted by atomic mass is 10.2. The maximum atomic E-state index is 12.1. The Morgan fingerprint density at radius 1 is 1.38 bits per heavy atom. The van der Waals surface area contributed by atoms with E-state index in [0.717, 1.165) is 12.8 Å². The highest BCUT2D eigenvalue weighted by atomic mass is 32.2. The Bertz CT molecular complexity index is 523. The first-order valence-corrected chi connectivity index (χ1v) is 7.02. The molecular formula is C11H13NO3S. The molecule has 1 atom stereocenters. The van der Waals surface area contributed by atoms with E-state index in [0.29, 0.717) is 5.69 Å². The normalized spacial score (nSPS) is 18.8. The fourth-order valence-corrected chi connectivity index (χ4v) is 3.15. The quantitative estimate of drug-likeness (QED) is 0.879. The van der Waals surface area contributed by atoms with Crippen LogP contribution in [0.3, 0.4) is 0 Å². The summed E-state index contributed by atoms with van der Waals surface area (Å²) in [7, 11) is -2.15. The molecule has 1 aromatic carbocycles. The highest BCUT2D eigenvalue weighted by Crippen LogP contribution is 2.31. The predicted molar refractivity (Wildman–Crippen MR) is 62.6 cm³/mol. The van der Waals surface area contributed by atoms with Crippen molar-refractivity contribution < 1.29 is 14.1 Å². The van der Waals surface area contributed by atoms with E-state index in [1.807, 2.05) is 0 Å². The van der Waals surface area contributed by atoms with E-state index in [1.165, 1.54) is 12.1 Å². The number of aromatic carboxylic acids is 1. The molecule has 0 aromatic heterocycles. The standard InChI is InChI=1S/C11H13NO3S/c1-16(15,10-6-7-10)12-9-4-2-8(3-5-9)11(13)14/h2-5,10H,6-7H2,1H3,(H,13,14). The minimum Gasteiger partial charge on any atom is -0.478 e. The van der Waals surface area contributed by atoms with Crippen LogP contribution in [0.2, 0.25) is 0 Å². The summed E-state index contributed by atoms with van der Waals surface area (Å²) >= 11 is 0. The molecule has 1 aromatic rings. The highest BCUT2D eigenvalue weighted by molar-refractivity contribution is 7.93. The van der Waals surface area contributed by atoms with Crippen LogP contribution in [0.25, 0.3) is 0 Å². The average Bonchev–Trinajstić information content (AvgIpc) is 3.01. The van der Waals surface area contributed by atoms with Crippen molar-refractivity contribution >= 4 is 21.4 Å². The van der Waals surface area contributed by atoms with Crippen LogP contribution in [0.4, 0.5) is 5.69 Å². The van der Waals surface area contributed by atoms with Crippen LogP contribution in [-0.4, -0.2) is 26.8 Å². The van der Waals surface area contributed by atoms with Crippen LogP contribution in [0.5, 0.6) is 0 Å². The number of rotatable bonds is 3. The third-order valence-electron chi connectivity index (χ3n) is 2.54. The Hall–Kier alpha value is -1.36. The van der Waals surface area contributed by atoms with E-state index in [4.69, 9.17) is 5.11 Å². The largest absolute Gasteiger partial charge is 0.478 e. The minimum absolute atomic E-state index is 0.214. The van der Waals surface area contributed by atoms with Gasteiger partial charge in [0, 0.05) is 11.5 Å². The lowest BCUT2D eigenvalue weighted by molar-refractivity contribution is 0.0697. The Kier molecular flexibility index (Phi) is 2.71. The molecule has 1 unspecified atom stereocenters. The lowest BCUT2D eigenvalue weighted by Crippen LogP contribution is -2.02. The zero-order chi connectivity index (χ0) is 11.8. The summed E-state index contributed by atoms with van der Waals surface area (Å²) in [5.74, 6) is -0.967. The van der Waals surface area contributed by atoms with Crippen LogP contribution in [0.15, 0.2) is 28.6 Å². The second kappa shape index (κ2) is 3.90. The van der Waals surface area contributed by atoms with Gasteiger partial charge >= 0.3 is 5.97 Å². The fourth-order valence-electron chi connectivity index (χ4n) is 1.45. The molecule has 1 fully saturated rings. The van der Waals surface area contributed by atoms with E-state index < -0.39 is 15.7 Å². The average molecular weight is 239 g/mol. The fraction of sp³-hybridized carbons (Fsp3) is 0.364. The second-order valence-corrected chi connectivity index (χ2v) is 6.58. The predicted octanol–water partition coefficient (Wildman–Crippen LogP) is 2.28. The molecule has 86 valence electrons. The van der Waals surface area contributed by atoms with Gasteiger partial charge in [-0.3, -0.25) is 0 Å². The van der Waals surface area contributed by atoms with Gasteiger partial charge in [0.05, 0.1) is 21.0 Å². The van der Waals surface area contributed by atoms with Crippen LogP contribution in [-0.2, 0) is 9.73 Å². The number of nitrogens with zero attached hydrogens (tertiary/aromatic N) is 1. The molecule has 0 spiro atoms. The van der Waals surface area contributed by atoms with Crippen LogP contribution in [0, 0.1) is 0 Å². The maximum absolute atomic E-state index is 12.1. The number of carbonyl (C=O) groups is 1. The first-order valence-electron chi connectivity index (χ1n) is 5.03. The molecule has 1 saturated carbocycles. The Balaban J connectivity index is 2.29. The van der Waals surface area contributed by atoms with Crippen molar-refractivity contribution in [3.8, 4) is 0 Å². The van der Waals surface area contributed by atoms with Crippen molar-refractivity contribution in [3.05, 3.63) is 29.8 Å². The zero-order valence-corrected chi connectivity index (χ0v) is 9.74. The number of carboxylic acids is 1. The minimum atomic E-state index is -2.15. The lowest BCUT2D eigenvalue weighted by Gasteiger charge is -2.01. The summed E-state index contributed by atoms with van der Waals surface area (Å²) in [6.07, 6.45) is 3.62. The molecule has 2 rings (SSSR count). The molecule has 4 nitrogen and oxygen atoms in total. The van der Waals surface area contributed by atoms with Gasteiger partial charge in [-0.25, -0.2) is 9.00 Å². The molecule has 0 heterocycles. The summed E-state index contributed by atoms with van der Waals surface area (Å²) in [4.78, 5) is 10.6. The van der Waals surface area contributed by atoms with E-state index in [2.05, 4.69) is 4.36 Å². The Morgan fingerprint density at radius 2 is 1.94 bits per heavy atom. The number of hydrogen-bond donors (Lipinski definition) is 1. The molecule has 1 aliphatic rings. The smallest absolute Gasteiger partial charge is 0.335 e. The monoisotopic (exact) mass is 239 g/mol. The summed E-state index contributed by atoms with van der Waals surface area (Å²) in [5, 5.41) is 8.93.